The molecule has 0 amide bonds. The number of para-hydroxylation sites is 2. The molecular weight excluding hydrogens is 459 g/mol. The van der Waals surface area contributed by atoms with Gasteiger partial charge in [-0.2, -0.15) is 17.7 Å². The molecular formula is C24H22F3N7O. The minimum atomic E-state index is -4.65. The Morgan fingerprint density at radius 1 is 1.03 bits per heavy atom. The van der Waals surface area contributed by atoms with Crippen LogP contribution in [0.1, 0.15) is 28.2 Å². The third kappa shape index (κ3) is 3.53. The maximum Gasteiger partial charge on any atom is 0.453 e. The van der Waals surface area contributed by atoms with Gasteiger partial charge in [0, 0.05) is 36.3 Å². The Hall–Kier alpha value is -3.89. The smallest absolute Gasteiger partial charge is 0.453 e. The van der Waals surface area contributed by atoms with Gasteiger partial charge in [0.05, 0.1) is 24.1 Å². The molecule has 0 fully saturated rings. The average Bonchev–Trinajstić information content (AvgIpc) is 3.30. The van der Waals surface area contributed by atoms with E-state index in [-0.39, 0.29) is 5.65 Å². The highest BCUT2D eigenvalue weighted by atomic mass is 19.4. The van der Waals surface area contributed by atoms with E-state index in [4.69, 9.17) is 9.72 Å². The summed E-state index contributed by atoms with van der Waals surface area (Å²) >= 11 is 0. The third-order valence-electron chi connectivity index (χ3n) is 6.69. The molecule has 0 unspecified atom stereocenters. The van der Waals surface area contributed by atoms with Gasteiger partial charge in [-0.15, -0.1) is 15.3 Å². The Bertz CT molecular complexity index is 1450. The Morgan fingerprint density at radius 3 is 2.69 bits per heavy atom. The van der Waals surface area contributed by atoms with Crippen molar-refractivity contribution in [2.24, 2.45) is 0 Å². The number of fused-ring (bicyclic) bond motifs is 3. The van der Waals surface area contributed by atoms with Gasteiger partial charge in [0.2, 0.25) is 0 Å². The predicted octanol–water partition coefficient (Wildman–Crippen LogP) is 4.25. The SMILES string of the molecule is Cc1c(N2CCc3ncc(N4CCOc5ccccc54)cc3C2)nn2c(C(F)(F)F)nnc2c1C. The molecule has 8 nitrogen and oxygen atoms in total. The largest absolute Gasteiger partial charge is 0.490 e. The topological polar surface area (TPSA) is 71.7 Å². The summed E-state index contributed by atoms with van der Waals surface area (Å²) < 4.78 is 47.0. The second-order valence-corrected chi connectivity index (χ2v) is 8.77. The molecule has 0 saturated carbocycles. The maximum absolute atomic E-state index is 13.5. The Balaban J connectivity index is 1.37. The highest BCUT2D eigenvalue weighted by molar-refractivity contribution is 5.70. The number of anilines is 3. The van der Waals surface area contributed by atoms with Crippen LogP contribution in [0.25, 0.3) is 5.65 Å². The van der Waals surface area contributed by atoms with E-state index >= 15 is 0 Å². The summed E-state index contributed by atoms with van der Waals surface area (Å²) in [5.41, 5.74) is 5.48. The standard InChI is InChI=1S/C24H22F3N7O/c1-14-15(2)22(31-34-21(14)29-30-23(34)24(25,26)27)32-8-7-18-16(13-32)11-17(12-28-18)33-9-10-35-20-6-4-3-5-19(20)33/h3-6,11-12H,7-10,13H2,1-2H3. The quantitative estimate of drug-likeness (QED) is 0.424. The number of hydrogen-bond acceptors (Lipinski definition) is 7. The number of alkyl halides is 3. The van der Waals surface area contributed by atoms with Gasteiger partial charge in [0.15, 0.2) is 11.5 Å². The molecule has 3 aromatic heterocycles. The number of hydrogen-bond donors (Lipinski definition) is 0. The van der Waals surface area contributed by atoms with Crippen LogP contribution in [0.2, 0.25) is 0 Å². The summed E-state index contributed by atoms with van der Waals surface area (Å²) in [5.74, 6) is 0.202. The summed E-state index contributed by atoms with van der Waals surface area (Å²) in [6.45, 7) is 5.97. The number of pyridine rings is 1. The van der Waals surface area contributed by atoms with Gasteiger partial charge in [0.25, 0.3) is 5.82 Å². The Labute approximate surface area is 199 Å². The van der Waals surface area contributed by atoms with Gasteiger partial charge in [-0.3, -0.25) is 4.98 Å². The van der Waals surface area contributed by atoms with Crippen LogP contribution in [0.5, 0.6) is 5.75 Å². The second-order valence-electron chi connectivity index (χ2n) is 8.77. The van der Waals surface area contributed by atoms with Crippen LogP contribution in [0, 0.1) is 13.8 Å². The van der Waals surface area contributed by atoms with Crippen LogP contribution in [-0.4, -0.2) is 44.5 Å². The summed E-state index contributed by atoms with van der Waals surface area (Å²) in [6, 6.07) is 9.99. The Morgan fingerprint density at radius 2 is 1.86 bits per heavy atom. The lowest BCUT2D eigenvalue weighted by molar-refractivity contribution is -0.146. The number of aromatic nitrogens is 5. The molecule has 0 atom stereocenters. The lowest BCUT2D eigenvalue weighted by Gasteiger charge is -2.34. The number of ether oxygens (including phenoxy) is 1. The van der Waals surface area contributed by atoms with Crippen molar-refractivity contribution in [2.45, 2.75) is 33.0 Å². The fraction of sp³-hybridized carbons (Fsp3) is 0.333. The molecule has 1 aromatic carbocycles. The first-order chi connectivity index (χ1) is 16.8. The first-order valence-corrected chi connectivity index (χ1v) is 11.3. The summed E-state index contributed by atoms with van der Waals surface area (Å²) in [6.07, 6.45) is -2.10. The van der Waals surface area contributed by atoms with Crippen molar-refractivity contribution in [2.75, 3.05) is 29.5 Å². The molecule has 2 aliphatic rings. The van der Waals surface area contributed by atoms with Gasteiger partial charge < -0.3 is 14.5 Å². The molecule has 11 heteroatoms. The van der Waals surface area contributed by atoms with Crippen molar-refractivity contribution < 1.29 is 17.9 Å². The maximum atomic E-state index is 13.5. The molecule has 0 aliphatic carbocycles. The molecule has 0 bridgehead atoms. The highest BCUT2D eigenvalue weighted by Crippen LogP contribution is 2.37. The summed E-state index contributed by atoms with van der Waals surface area (Å²) in [5, 5.41) is 11.4. The minimum Gasteiger partial charge on any atom is -0.490 e. The van der Waals surface area contributed by atoms with Gasteiger partial charge in [0.1, 0.15) is 12.4 Å². The first-order valence-electron chi connectivity index (χ1n) is 11.3. The zero-order valence-electron chi connectivity index (χ0n) is 19.2. The number of aryl methyl sites for hydroxylation is 1. The average molecular weight is 481 g/mol. The highest BCUT2D eigenvalue weighted by Gasteiger charge is 2.38. The lowest BCUT2D eigenvalue weighted by Crippen LogP contribution is -2.34. The van der Waals surface area contributed by atoms with Crippen molar-refractivity contribution in [3.05, 3.63) is 64.7 Å². The van der Waals surface area contributed by atoms with Crippen LogP contribution in [0.3, 0.4) is 0 Å². The van der Waals surface area contributed by atoms with E-state index < -0.39 is 12.0 Å². The number of nitrogens with zero attached hydrogens (tertiary/aromatic N) is 7. The van der Waals surface area contributed by atoms with Crippen molar-refractivity contribution in [3.8, 4) is 5.75 Å². The van der Waals surface area contributed by atoms with Crippen molar-refractivity contribution in [3.63, 3.8) is 0 Å². The van der Waals surface area contributed by atoms with Crippen molar-refractivity contribution in [1.82, 2.24) is 24.8 Å². The fourth-order valence-electron chi connectivity index (χ4n) is 4.77. The molecule has 2 aliphatic heterocycles. The van der Waals surface area contributed by atoms with Crippen molar-refractivity contribution in [1.29, 1.82) is 0 Å². The molecule has 0 radical (unpaired) electrons. The zero-order chi connectivity index (χ0) is 24.3. The van der Waals surface area contributed by atoms with Crippen LogP contribution < -0.4 is 14.5 Å². The van der Waals surface area contributed by atoms with Gasteiger partial charge >= 0.3 is 6.18 Å². The monoisotopic (exact) mass is 481 g/mol. The van der Waals surface area contributed by atoms with E-state index in [1.807, 2.05) is 42.3 Å². The molecule has 35 heavy (non-hydrogen) atoms. The van der Waals surface area contributed by atoms with Crippen LogP contribution in [0.15, 0.2) is 36.5 Å². The van der Waals surface area contributed by atoms with Gasteiger partial charge in [-0.25, -0.2) is 0 Å². The molecule has 6 rings (SSSR count). The number of rotatable bonds is 2. The molecule has 5 heterocycles. The van der Waals surface area contributed by atoms with E-state index in [9.17, 15) is 13.2 Å². The molecule has 4 aromatic rings. The van der Waals surface area contributed by atoms with E-state index in [1.165, 1.54) is 0 Å². The number of halogens is 3. The lowest BCUT2D eigenvalue weighted by atomic mass is 10.0. The van der Waals surface area contributed by atoms with Crippen molar-refractivity contribution >= 4 is 22.8 Å². The minimum absolute atomic E-state index is 0.117. The zero-order valence-corrected chi connectivity index (χ0v) is 19.2. The van der Waals surface area contributed by atoms with E-state index in [1.54, 1.807) is 6.92 Å². The normalized spacial score (nSPS) is 15.7. The number of benzene rings is 1. The van der Waals surface area contributed by atoms with Gasteiger partial charge in [-0.05, 0) is 37.6 Å². The summed E-state index contributed by atoms with van der Waals surface area (Å²) in [4.78, 5) is 8.90. The predicted molar refractivity (Wildman–Crippen MR) is 123 cm³/mol. The molecule has 0 spiro atoms. The second kappa shape index (κ2) is 7.82. The summed E-state index contributed by atoms with van der Waals surface area (Å²) in [7, 11) is 0. The molecule has 0 saturated heterocycles. The third-order valence-corrected chi connectivity index (χ3v) is 6.69. The van der Waals surface area contributed by atoms with Crippen LogP contribution in [0.4, 0.5) is 30.4 Å². The van der Waals surface area contributed by atoms with Crippen LogP contribution in [-0.2, 0) is 19.1 Å². The van der Waals surface area contributed by atoms with Crippen LogP contribution >= 0.6 is 0 Å². The van der Waals surface area contributed by atoms with E-state index in [0.717, 1.165) is 38.5 Å². The Kier molecular flexibility index (Phi) is 4.83. The van der Waals surface area contributed by atoms with Gasteiger partial charge in [-0.1, -0.05) is 12.1 Å². The molecule has 0 N–H and O–H groups in total. The first kappa shape index (κ1) is 21.6. The van der Waals surface area contributed by atoms with E-state index in [0.29, 0.717) is 44.0 Å². The fourth-order valence-corrected chi connectivity index (χ4v) is 4.77. The molecule has 180 valence electrons. The van der Waals surface area contributed by atoms with E-state index in [2.05, 4.69) is 26.3 Å².